The van der Waals surface area contributed by atoms with Crippen molar-refractivity contribution in [2.75, 3.05) is 7.05 Å². The molecule has 0 unspecified atom stereocenters. The van der Waals surface area contributed by atoms with Crippen LogP contribution in [0.4, 0.5) is 0 Å². The minimum atomic E-state index is -1.04. The van der Waals surface area contributed by atoms with Gasteiger partial charge in [-0.2, -0.15) is 0 Å². The van der Waals surface area contributed by atoms with Crippen molar-refractivity contribution in [2.24, 2.45) is 0 Å². The van der Waals surface area contributed by atoms with Crippen molar-refractivity contribution in [3.05, 3.63) is 75.1 Å². The number of furan rings is 1. The molecule has 0 aliphatic rings. The summed E-state index contributed by atoms with van der Waals surface area (Å²) in [6.07, 6.45) is 0.951. The Morgan fingerprint density at radius 1 is 1.26 bits per heavy atom. The summed E-state index contributed by atoms with van der Waals surface area (Å²) in [5.74, 6) is -0.352. The van der Waals surface area contributed by atoms with Gasteiger partial charge in [-0.25, -0.2) is 9.78 Å². The molecule has 0 fully saturated rings. The highest BCUT2D eigenvalue weighted by Gasteiger charge is 2.18. The topological polar surface area (TPSA) is 83.6 Å². The molecule has 140 valence electrons. The molecule has 6 nitrogen and oxygen atoms in total. The fourth-order valence-corrected chi connectivity index (χ4v) is 3.56. The van der Waals surface area contributed by atoms with Gasteiger partial charge < -0.3 is 14.4 Å². The van der Waals surface area contributed by atoms with E-state index in [0.717, 1.165) is 17.1 Å². The molecular formula is C20H20N2O4S. The maximum atomic E-state index is 12.4. The van der Waals surface area contributed by atoms with Crippen LogP contribution in [0, 0.1) is 6.92 Å². The van der Waals surface area contributed by atoms with Gasteiger partial charge in [0, 0.05) is 18.8 Å². The molecular weight excluding hydrogens is 364 g/mol. The third kappa shape index (κ3) is 4.83. The Morgan fingerprint density at radius 3 is 2.67 bits per heavy atom. The number of hydrogen-bond acceptors (Lipinski definition) is 5. The third-order valence-electron chi connectivity index (χ3n) is 4.15. The van der Waals surface area contributed by atoms with Crippen LogP contribution >= 0.6 is 11.3 Å². The molecule has 1 aromatic carbocycles. The first-order valence-electron chi connectivity index (χ1n) is 8.46. The molecule has 0 aliphatic carbocycles. The van der Waals surface area contributed by atoms with Gasteiger partial charge in [-0.05, 0) is 18.6 Å². The SMILES string of the molecule is Cc1oc(CN(C)C(=O)Cc2csc(Cc3ccccc3)n2)cc1C(=O)O. The smallest absolute Gasteiger partial charge is 0.339 e. The minimum absolute atomic E-state index is 0.0995. The maximum absolute atomic E-state index is 12.4. The fourth-order valence-electron chi connectivity index (χ4n) is 2.73. The van der Waals surface area contributed by atoms with E-state index < -0.39 is 5.97 Å². The Morgan fingerprint density at radius 2 is 2.00 bits per heavy atom. The zero-order valence-electron chi connectivity index (χ0n) is 15.1. The van der Waals surface area contributed by atoms with Crippen molar-refractivity contribution in [1.82, 2.24) is 9.88 Å². The number of carbonyl (C=O) groups excluding carboxylic acids is 1. The molecule has 3 rings (SSSR count). The summed E-state index contributed by atoms with van der Waals surface area (Å²) in [7, 11) is 1.66. The quantitative estimate of drug-likeness (QED) is 0.674. The molecule has 3 aromatic rings. The average Bonchev–Trinajstić information content (AvgIpc) is 3.22. The van der Waals surface area contributed by atoms with Crippen LogP contribution in [0.2, 0.25) is 0 Å². The lowest BCUT2D eigenvalue weighted by atomic mass is 10.2. The number of carboxylic acids is 1. The number of thiazole rings is 1. The monoisotopic (exact) mass is 384 g/mol. The zero-order valence-corrected chi connectivity index (χ0v) is 16.0. The molecule has 7 heteroatoms. The Balaban J connectivity index is 1.58. The normalized spacial score (nSPS) is 10.7. The number of amides is 1. The van der Waals surface area contributed by atoms with Crippen LogP contribution in [-0.4, -0.2) is 33.9 Å². The molecule has 0 saturated heterocycles. The number of rotatable bonds is 7. The van der Waals surface area contributed by atoms with Crippen molar-refractivity contribution < 1.29 is 19.1 Å². The molecule has 27 heavy (non-hydrogen) atoms. The van der Waals surface area contributed by atoms with Crippen LogP contribution in [0.5, 0.6) is 0 Å². The number of benzene rings is 1. The summed E-state index contributed by atoms with van der Waals surface area (Å²) in [4.78, 5) is 29.6. The molecule has 0 bridgehead atoms. The second-order valence-electron chi connectivity index (χ2n) is 6.31. The summed E-state index contributed by atoms with van der Waals surface area (Å²) in [5.41, 5.74) is 2.05. The van der Waals surface area contributed by atoms with E-state index in [2.05, 4.69) is 17.1 Å². The first-order chi connectivity index (χ1) is 12.9. The van der Waals surface area contributed by atoms with E-state index in [9.17, 15) is 9.59 Å². The van der Waals surface area contributed by atoms with Crippen molar-refractivity contribution >= 4 is 23.2 Å². The van der Waals surface area contributed by atoms with Gasteiger partial charge >= 0.3 is 5.97 Å². The number of aromatic carboxylic acids is 1. The molecule has 0 aliphatic heterocycles. The molecule has 1 N–H and O–H groups in total. The molecule has 2 heterocycles. The van der Waals surface area contributed by atoms with Gasteiger partial charge in [0.1, 0.15) is 17.1 Å². The average molecular weight is 384 g/mol. The number of likely N-dealkylation sites (N-methyl/N-ethyl adjacent to an activating group) is 1. The Hall–Kier alpha value is -2.93. The van der Waals surface area contributed by atoms with Gasteiger partial charge in [0.05, 0.1) is 23.7 Å². The predicted octanol–water partition coefficient (Wildman–Crippen LogP) is 3.53. The van der Waals surface area contributed by atoms with Crippen molar-refractivity contribution in [3.63, 3.8) is 0 Å². The van der Waals surface area contributed by atoms with Crippen LogP contribution in [0.15, 0.2) is 46.2 Å². The maximum Gasteiger partial charge on any atom is 0.339 e. The summed E-state index contributed by atoms with van der Waals surface area (Å²) in [6, 6.07) is 11.5. The second kappa shape index (κ2) is 8.18. The number of nitrogens with zero attached hydrogens (tertiary/aromatic N) is 2. The molecule has 0 spiro atoms. The number of aryl methyl sites for hydroxylation is 1. The Kier molecular flexibility index (Phi) is 5.71. The van der Waals surface area contributed by atoms with Crippen molar-refractivity contribution in [3.8, 4) is 0 Å². The molecule has 0 saturated carbocycles. The van der Waals surface area contributed by atoms with E-state index in [1.165, 1.54) is 16.5 Å². The van der Waals surface area contributed by atoms with Crippen LogP contribution < -0.4 is 0 Å². The standard InChI is InChI=1S/C20H20N2O4S/c1-13-17(20(24)25)10-16(26-13)11-22(2)19(23)9-15-12-27-18(21-15)8-14-6-4-3-5-7-14/h3-7,10,12H,8-9,11H2,1-2H3,(H,24,25). The first kappa shape index (κ1) is 18.8. The largest absolute Gasteiger partial charge is 0.478 e. The van der Waals surface area contributed by atoms with E-state index in [1.54, 1.807) is 25.3 Å². The lowest BCUT2D eigenvalue weighted by Gasteiger charge is -2.14. The van der Waals surface area contributed by atoms with Gasteiger partial charge in [-0.3, -0.25) is 4.79 Å². The Bertz CT molecular complexity index is 946. The molecule has 2 aromatic heterocycles. The lowest BCUT2D eigenvalue weighted by Crippen LogP contribution is -2.27. The first-order valence-corrected chi connectivity index (χ1v) is 9.34. The lowest BCUT2D eigenvalue weighted by molar-refractivity contribution is -0.130. The predicted molar refractivity (Wildman–Crippen MR) is 102 cm³/mol. The molecule has 0 radical (unpaired) electrons. The Labute approximate surface area is 161 Å². The van der Waals surface area contributed by atoms with Crippen LogP contribution in [0.25, 0.3) is 0 Å². The van der Waals surface area contributed by atoms with E-state index in [1.807, 2.05) is 23.6 Å². The van der Waals surface area contributed by atoms with Crippen molar-refractivity contribution in [2.45, 2.75) is 26.3 Å². The number of hydrogen-bond donors (Lipinski definition) is 1. The summed E-state index contributed by atoms with van der Waals surface area (Å²) >= 11 is 1.54. The summed E-state index contributed by atoms with van der Waals surface area (Å²) in [5, 5.41) is 12.0. The van der Waals surface area contributed by atoms with Gasteiger partial charge in [0.25, 0.3) is 0 Å². The summed E-state index contributed by atoms with van der Waals surface area (Å²) < 4.78 is 5.43. The number of carboxylic acid groups (broad SMARTS) is 1. The van der Waals surface area contributed by atoms with E-state index in [4.69, 9.17) is 9.52 Å². The highest BCUT2D eigenvalue weighted by Crippen LogP contribution is 2.18. The van der Waals surface area contributed by atoms with Gasteiger partial charge in [0.15, 0.2) is 0 Å². The zero-order chi connectivity index (χ0) is 19.4. The van der Waals surface area contributed by atoms with Crippen LogP contribution in [-0.2, 0) is 24.2 Å². The molecule has 1 amide bonds. The van der Waals surface area contributed by atoms with E-state index in [-0.39, 0.29) is 24.4 Å². The second-order valence-corrected chi connectivity index (χ2v) is 7.25. The van der Waals surface area contributed by atoms with E-state index in [0.29, 0.717) is 11.5 Å². The summed E-state index contributed by atoms with van der Waals surface area (Å²) in [6.45, 7) is 1.81. The fraction of sp³-hybridized carbons (Fsp3) is 0.250. The minimum Gasteiger partial charge on any atom is -0.478 e. The molecule has 0 atom stereocenters. The number of carbonyl (C=O) groups is 2. The third-order valence-corrected chi connectivity index (χ3v) is 5.05. The van der Waals surface area contributed by atoms with Gasteiger partial charge in [-0.1, -0.05) is 30.3 Å². The van der Waals surface area contributed by atoms with Crippen LogP contribution in [0.3, 0.4) is 0 Å². The van der Waals surface area contributed by atoms with Crippen molar-refractivity contribution in [1.29, 1.82) is 0 Å². The van der Waals surface area contributed by atoms with Crippen LogP contribution in [0.1, 0.15) is 38.1 Å². The number of aromatic nitrogens is 1. The van der Waals surface area contributed by atoms with Gasteiger partial charge in [-0.15, -0.1) is 11.3 Å². The highest BCUT2D eigenvalue weighted by atomic mass is 32.1. The van der Waals surface area contributed by atoms with Gasteiger partial charge in [0.2, 0.25) is 5.91 Å². The van der Waals surface area contributed by atoms with E-state index >= 15 is 0 Å². The highest BCUT2D eigenvalue weighted by molar-refractivity contribution is 7.09.